The maximum atomic E-state index is 4.72. The molecular weight excluding hydrogens is 314 g/mol. The molecule has 0 spiro atoms. The Morgan fingerprint density at radius 3 is 2.70 bits per heavy atom. The van der Waals surface area contributed by atoms with Gasteiger partial charge in [0.15, 0.2) is 0 Å². The molecule has 106 valence electrons. The van der Waals surface area contributed by atoms with Crippen molar-refractivity contribution in [2.24, 2.45) is 0 Å². The van der Waals surface area contributed by atoms with Gasteiger partial charge in [0.05, 0.1) is 5.69 Å². The van der Waals surface area contributed by atoms with Crippen molar-refractivity contribution in [2.45, 2.75) is 26.7 Å². The number of aryl methyl sites for hydroxylation is 3. The SMILES string of the molecule is CNCCCc1nc(C)cc(-c2cc(Br)ccc2C)n1. The van der Waals surface area contributed by atoms with Crippen LogP contribution in [-0.4, -0.2) is 23.6 Å². The van der Waals surface area contributed by atoms with Crippen LogP contribution in [0.1, 0.15) is 23.5 Å². The molecule has 0 bridgehead atoms. The monoisotopic (exact) mass is 333 g/mol. The molecule has 0 fully saturated rings. The average Bonchev–Trinajstić information content (AvgIpc) is 2.41. The Kier molecular flexibility index (Phi) is 5.26. The number of nitrogens with zero attached hydrogens (tertiary/aromatic N) is 2. The van der Waals surface area contributed by atoms with Crippen molar-refractivity contribution < 1.29 is 0 Å². The van der Waals surface area contributed by atoms with E-state index in [2.05, 4.69) is 57.4 Å². The molecule has 4 heteroatoms. The van der Waals surface area contributed by atoms with E-state index < -0.39 is 0 Å². The highest BCUT2D eigenvalue weighted by atomic mass is 79.9. The molecule has 1 N–H and O–H groups in total. The summed E-state index contributed by atoms with van der Waals surface area (Å²) >= 11 is 3.53. The van der Waals surface area contributed by atoms with Crippen LogP contribution in [0.2, 0.25) is 0 Å². The third kappa shape index (κ3) is 3.87. The molecule has 0 aliphatic rings. The largest absolute Gasteiger partial charge is 0.320 e. The lowest BCUT2D eigenvalue weighted by Gasteiger charge is -2.09. The fraction of sp³-hybridized carbons (Fsp3) is 0.375. The molecule has 1 aromatic heterocycles. The van der Waals surface area contributed by atoms with Crippen LogP contribution in [0.3, 0.4) is 0 Å². The van der Waals surface area contributed by atoms with Gasteiger partial charge >= 0.3 is 0 Å². The minimum Gasteiger partial charge on any atom is -0.320 e. The summed E-state index contributed by atoms with van der Waals surface area (Å²) in [5.41, 5.74) is 4.43. The summed E-state index contributed by atoms with van der Waals surface area (Å²) in [7, 11) is 1.97. The van der Waals surface area contributed by atoms with Crippen molar-refractivity contribution in [3.63, 3.8) is 0 Å². The average molecular weight is 334 g/mol. The lowest BCUT2D eigenvalue weighted by atomic mass is 10.1. The van der Waals surface area contributed by atoms with Gasteiger partial charge in [-0.15, -0.1) is 0 Å². The van der Waals surface area contributed by atoms with Gasteiger partial charge in [0.1, 0.15) is 5.82 Å². The van der Waals surface area contributed by atoms with E-state index >= 15 is 0 Å². The molecule has 0 unspecified atom stereocenters. The van der Waals surface area contributed by atoms with Gasteiger partial charge in [-0.05, 0) is 57.6 Å². The molecule has 0 atom stereocenters. The van der Waals surface area contributed by atoms with Gasteiger partial charge in [-0.1, -0.05) is 22.0 Å². The van der Waals surface area contributed by atoms with Crippen molar-refractivity contribution >= 4 is 15.9 Å². The third-order valence-corrected chi connectivity index (χ3v) is 3.70. The number of hydrogen-bond donors (Lipinski definition) is 1. The summed E-state index contributed by atoms with van der Waals surface area (Å²) in [6.07, 6.45) is 1.96. The first-order valence-corrected chi connectivity index (χ1v) is 7.65. The number of rotatable bonds is 5. The predicted octanol–water partition coefficient (Wildman–Crippen LogP) is 3.67. The van der Waals surface area contributed by atoms with E-state index in [9.17, 15) is 0 Å². The van der Waals surface area contributed by atoms with E-state index in [1.807, 2.05) is 14.0 Å². The molecule has 3 nitrogen and oxygen atoms in total. The first-order chi connectivity index (χ1) is 9.60. The first-order valence-electron chi connectivity index (χ1n) is 6.86. The van der Waals surface area contributed by atoms with Gasteiger partial charge in [0, 0.05) is 22.2 Å². The highest BCUT2D eigenvalue weighted by molar-refractivity contribution is 9.10. The zero-order chi connectivity index (χ0) is 14.5. The van der Waals surface area contributed by atoms with Crippen LogP contribution in [0.15, 0.2) is 28.7 Å². The molecule has 1 heterocycles. The zero-order valence-corrected chi connectivity index (χ0v) is 13.8. The molecule has 0 aliphatic carbocycles. The van der Waals surface area contributed by atoms with Gasteiger partial charge in [-0.25, -0.2) is 9.97 Å². The molecule has 0 saturated heterocycles. The van der Waals surface area contributed by atoms with E-state index in [1.165, 1.54) is 11.1 Å². The minimum absolute atomic E-state index is 0.905. The highest BCUT2D eigenvalue weighted by Gasteiger charge is 2.08. The Morgan fingerprint density at radius 2 is 1.95 bits per heavy atom. The first kappa shape index (κ1) is 15.1. The summed E-state index contributed by atoms with van der Waals surface area (Å²) in [4.78, 5) is 9.25. The second-order valence-corrected chi connectivity index (χ2v) is 5.89. The molecule has 0 saturated carbocycles. The number of hydrogen-bond acceptors (Lipinski definition) is 3. The van der Waals surface area contributed by atoms with Crippen LogP contribution in [0, 0.1) is 13.8 Å². The minimum atomic E-state index is 0.905. The lowest BCUT2D eigenvalue weighted by molar-refractivity contribution is 0.701. The quantitative estimate of drug-likeness (QED) is 0.848. The second-order valence-electron chi connectivity index (χ2n) is 4.98. The summed E-state index contributed by atoms with van der Waals surface area (Å²) in [6, 6.07) is 8.34. The predicted molar refractivity (Wildman–Crippen MR) is 86.9 cm³/mol. The molecule has 0 amide bonds. The summed E-state index contributed by atoms with van der Waals surface area (Å²) < 4.78 is 1.08. The van der Waals surface area contributed by atoms with Crippen molar-refractivity contribution in [1.29, 1.82) is 0 Å². The van der Waals surface area contributed by atoms with Gasteiger partial charge in [-0.3, -0.25) is 0 Å². The number of halogens is 1. The van der Waals surface area contributed by atoms with E-state index in [0.29, 0.717) is 0 Å². The van der Waals surface area contributed by atoms with Crippen molar-refractivity contribution in [3.05, 3.63) is 45.8 Å². The van der Waals surface area contributed by atoms with E-state index in [-0.39, 0.29) is 0 Å². The van der Waals surface area contributed by atoms with E-state index in [1.54, 1.807) is 0 Å². The van der Waals surface area contributed by atoms with Crippen molar-refractivity contribution in [3.8, 4) is 11.3 Å². The van der Waals surface area contributed by atoms with Gasteiger partial charge in [0.2, 0.25) is 0 Å². The van der Waals surface area contributed by atoms with Crippen LogP contribution < -0.4 is 5.32 Å². The van der Waals surface area contributed by atoms with Crippen LogP contribution in [-0.2, 0) is 6.42 Å². The van der Waals surface area contributed by atoms with Crippen LogP contribution in [0.25, 0.3) is 11.3 Å². The Hall–Kier alpha value is -1.26. The Labute approximate surface area is 129 Å². The summed E-state index contributed by atoms with van der Waals surface area (Å²) in [5, 5.41) is 3.15. The number of aromatic nitrogens is 2. The molecule has 0 aliphatic heterocycles. The fourth-order valence-electron chi connectivity index (χ4n) is 2.17. The third-order valence-electron chi connectivity index (χ3n) is 3.20. The van der Waals surface area contributed by atoms with E-state index in [0.717, 1.165) is 41.1 Å². The van der Waals surface area contributed by atoms with E-state index in [4.69, 9.17) is 4.98 Å². The second kappa shape index (κ2) is 6.95. The molecular formula is C16H20BrN3. The zero-order valence-electron chi connectivity index (χ0n) is 12.2. The maximum Gasteiger partial charge on any atom is 0.129 e. The van der Waals surface area contributed by atoms with Gasteiger partial charge in [-0.2, -0.15) is 0 Å². The Bertz CT molecular complexity index is 596. The highest BCUT2D eigenvalue weighted by Crippen LogP contribution is 2.25. The van der Waals surface area contributed by atoms with Crippen LogP contribution in [0.4, 0.5) is 0 Å². The molecule has 0 radical (unpaired) electrons. The Balaban J connectivity index is 2.34. The standard InChI is InChI=1S/C16H20BrN3/c1-11-6-7-13(17)10-14(11)15-9-12(2)19-16(20-15)5-4-8-18-3/h6-7,9-10,18H,4-5,8H2,1-3H3. The molecule has 2 rings (SSSR count). The van der Waals surface area contributed by atoms with Crippen molar-refractivity contribution in [1.82, 2.24) is 15.3 Å². The maximum absolute atomic E-state index is 4.72. The van der Waals surface area contributed by atoms with Crippen molar-refractivity contribution in [2.75, 3.05) is 13.6 Å². The Morgan fingerprint density at radius 1 is 1.15 bits per heavy atom. The summed E-state index contributed by atoms with van der Waals surface area (Å²) in [5.74, 6) is 0.926. The lowest BCUT2D eigenvalue weighted by Crippen LogP contribution is -2.10. The van der Waals surface area contributed by atoms with Crippen LogP contribution >= 0.6 is 15.9 Å². The fourth-order valence-corrected chi connectivity index (χ4v) is 2.53. The molecule has 1 aromatic carbocycles. The molecule has 20 heavy (non-hydrogen) atoms. The topological polar surface area (TPSA) is 37.8 Å². The van der Waals surface area contributed by atoms with Gasteiger partial charge < -0.3 is 5.32 Å². The van der Waals surface area contributed by atoms with Crippen LogP contribution in [0.5, 0.6) is 0 Å². The number of nitrogens with one attached hydrogen (secondary N) is 1. The number of benzene rings is 1. The molecule has 2 aromatic rings. The normalized spacial score (nSPS) is 10.8. The summed E-state index contributed by atoms with van der Waals surface area (Å²) in [6.45, 7) is 5.13. The smallest absolute Gasteiger partial charge is 0.129 e. The van der Waals surface area contributed by atoms with Gasteiger partial charge in [0.25, 0.3) is 0 Å².